The first-order chi connectivity index (χ1) is 14.5. The Labute approximate surface area is 183 Å². The minimum Gasteiger partial charge on any atom is -0.365 e. The van der Waals surface area contributed by atoms with Gasteiger partial charge in [0, 0.05) is 28.6 Å². The maximum absolute atomic E-state index is 11.9. The molecule has 0 aliphatic heterocycles. The van der Waals surface area contributed by atoms with Crippen LogP contribution in [0, 0.1) is 11.3 Å². The molecule has 3 rings (SSSR count). The number of halogens is 1. The molecule has 158 valence electrons. The van der Waals surface area contributed by atoms with Gasteiger partial charge < -0.3 is 21.8 Å². The van der Waals surface area contributed by atoms with Gasteiger partial charge >= 0.3 is 0 Å². The van der Waals surface area contributed by atoms with Crippen molar-refractivity contribution in [1.29, 1.82) is 5.41 Å². The van der Waals surface area contributed by atoms with Crippen LogP contribution in [-0.4, -0.2) is 34.3 Å². The molecule has 1 fully saturated rings. The van der Waals surface area contributed by atoms with Crippen molar-refractivity contribution in [3.05, 3.63) is 34.4 Å². The van der Waals surface area contributed by atoms with Crippen LogP contribution in [0.5, 0.6) is 0 Å². The highest BCUT2D eigenvalue weighted by molar-refractivity contribution is 9.10. The lowest BCUT2D eigenvalue weighted by Crippen LogP contribution is -2.27. The Balaban J connectivity index is 1.83. The van der Waals surface area contributed by atoms with Crippen molar-refractivity contribution in [1.82, 2.24) is 9.97 Å². The van der Waals surface area contributed by atoms with Crippen LogP contribution in [0.1, 0.15) is 43.0 Å². The summed E-state index contributed by atoms with van der Waals surface area (Å²) < 4.78 is 0.793. The van der Waals surface area contributed by atoms with Crippen LogP contribution < -0.4 is 21.8 Å². The van der Waals surface area contributed by atoms with Gasteiger partial charge in [-0.15, -0.1) is 0 Å². The number of carbonyl (C=O) groups is 1. The van der Waals surface area contributed by atoms with Gasteiger partial charge in [0.2, 0.25) is 5.95 Å². The van der Waals surface area contributed by atoms with Crippen LogP contribution in [0.15, 0.2) is 34.0 Å². The third-order valence-corrected chi connectivity index (χ3v) is 5.58. The van der Waals surface area contributed by atoms with Crippen molar-refractivity contribution in [3.63, 3.8) is 0 Å². The average Bonchev–Trinajstić information content (AvgIpc) is 2.70. The number of anilines is 4. The second kappa shape index (κ2) is 10.1. The quantitative estimate of drug-likeness (QED) is 0.289. The van der Waals surface area contributed by atoms with Gasteiger partial charge in [-0.1, -0.05) is 19.8 Å². The summed E-state index contributed by atoms with van der Waals surface area (Å²) in [4.78, 5) is 20.7. The minimum absolute atomic E-state index is 0.205. The van der Waals surface area contributed by atoms with Gasteiger partial charge in [0.25, 0.3) is 5.91 Å². The predicted molar refractivity (Wildman–Crippen MR) is 124 cm³/mol. The zero-order chi connectivity index (χ0) is 21.5. The topological polar surface area (TPSA) is 141 Å². The molecule has 1 aliphatic rings. The van der Waals surface area contributed by atoms with Gasteiger partial charge in [-0.2, -0.15) is 10.1 Å². The average molecular weight is 473 g/mol. The number of hydrogen-bond acceptors (Lipinski definition) is 8. The van der Waals surface area contributed by atoms with E-state index in [0.29, 0.717) is 35.1 Å². The van der Waals surface area contributed by atoms with Gasteiger partial charge in [0.1, 0.15) is 11.4 Å². The molecule has 0 spiro atoms. The summed E-state index contributed by atoms with van der Waals surface area (Å²) in [6, 6.07) is 5.78. The number of hydrazone groups is 1. The second-order valence-electron chi connectivity index (χ2n) is 7.31. The zero-order valence-corrected chi connectivity index (χ0v) is 18.2. The van der Waals surface area contributed by atoms with E-state index >= 15 is 0 Å². The maximum Gasteiger partial charge on any atom is 0.254 e. The predicted octanol–water partition coefficient (Wildman–Crippen LogP) is 4.12. The van der Waals surface area contributed by atoms with E-state index in [-0.39, 0.29) is 5.56 Å². The van der Waals surface area contributed by atoms with Crippen molar-refractivity contribution >= 4 is 57.4 Å². The SMILES string of the molecule is CC1CCC[C@@H](Nc2ncc(C(N)=O)c(Nc3ccc(Br)c(N/N=C\C=N)c3)n2)C1. The van der Waals surface area contributed by atoms with E-state index in [1.54, 1.807) is 6.07 Å². The monoisotopic (exact) mass is 472 g/mol. The molecule has 1 unspecified atom stereocenters. The van der Waals surface area contributed by atoms with Crippen molar-refractivity contribution < 1.29 is 4.79 Å². The first-order valence-electron chi connectivity index (χ1n) is 9.74. The number of rotatable bonds is 8. The van der Waals surface area contributed by atoms with Crippen molar-refractivity contribution in [2.75, 3.05) is 16.1 Å². The number of hydrogen-bond donors (Lipinski definition) is 5. The summed E-state index contributed by atoms with van der Waals surface area (Å²) in [6.07, 6.45) is 8.41. The lowest BCUT2D eigenvalue weighted by Gasteiger charge is -2.27. The van der Waals surface area contributed by atoms with E-state index in [4.69, 9.17) is 11.1 Å². The number of nitrogens with one attached hydrogen (secondary N) is 4. The zero-order valence-electron chi connectivity index (χ0n) is 16.7. The molecule has 10 heteroatoms. The molecule has 1 amide bonds. The Morgan fingerprint density at radius 2 is 2.23 bits per heavy atom. The standard InChI is InChI=1S/C20H25BrN8O/c1-12-3-2-4-13(9-12)27-20-24-11-15(18(23)30)19(28-20)26-14-5-6-16(21)17(10-14)29-25-8-7-22/h5-8,10-13,22,29H,2-4,9H2,1H3,(H2,23,30)(H2,24,26,27,28)/b22-7?,25-8-/t12?,13-/m1/s1. The summed E-state index contributed by atoms with van der Waals surface area (Å²) in [5, 5.41) is 17.4. The second-order valence-corrected chi connectivity index (χ2v) is 8.16. The molecule has 2 atom stereocenters. The van der Waals surface area contributed by atoms with Crippen molar-refractivity contribution in [2.24, 2.45) is 16.8 Å². The fourth-order valence-corrected chi connectivity index (χ4v) is 3.78. The van der Waals surface area contributed by atoms with E-state index in [1.807, 2.05) is 12.1 Å². The largest absolute Gasteiger partial charge is 0.365 e. The van der Waals surface area contributed by atoms with Gasteiger partial charge in [0.05, 0.1) is 11.9 Å². The van der Waals surface area contributed by atoms with E-state index in [1.165, 1.54) is 25.3 Å². The Kier molecular flexibility index (Phi) is 7.34. The van der Waals surface area contributed by atoms with Crippen LogP contribution in [0.4, 0.5) is 23.1 Å². The summed E-state index contributed by atoms with van der Waals surface area (Å²) in [6.45, 7) is 2.25. The van der Waals surface area contributed by atoms with E-state index < -0.39 is 5.91 Å². The molecule has 0 bridgehead atoms. The molecule has 1 aliphatic carbocycles. The Hall–Kier alpha value is -3.01. The third-order valence-electron chi connectivity index (χ3n) is 4.89. The van der Waals surface area contributed by atoms with Gasteiger partial charge in [-0.25, -0.2) is 4.98 Å². The van der Waals surface area contributed by atoms with E-state index in [2.05, 4.69) is 54.0 Å². The molecule has 2 aromatic rings. The summed E-state index contributed by atoms with van der Waals surface area (Å²) in [5.41, 5.74) is 9.93. The number of benzene rings is 1. The first-order valence-corrected chi connectivity index (χ1v) is 10.5. The van der Waals surface area contributed by atoms with Crippen LogP contribution in [0.2, 0.25) is 0 Å². The molecule has 1 aromatic heterocycles. The number of nitrogens with two attached hydrogens (primary N) is 1. The number of aromatic nitrogens is 2. The molecule has 1 aromatic carbocycles. The molecular weight excluding hydrogens is 448 g/mol. The van der Waals surface area contributed by atoms with Crippen molar-refractivity contribution in [3.8, 4) is 0 Å². The van der Waals surface area contributed by atoms with Crippen LogP contribution in [0.25, 0.3) is 0 Å². The number of amides is 1. The summed E-state index contributed by atoms with van der Waals surface area (Å²) >= 11 is 3.45. The Morgan fingerprint density at radius 3 is 2.97 bits per heavy atom. The van der Waals surface area contributed by atoms with Crippen LogP contribution in [-0.2, 0) is 0 Å². The number of primary amides is 1. The van der Waals surface area contributed by atoms with Gasteiger partial charge in [0.15, 0.2) is 0 Å². The highest BCUT2D eigenvalue weighted by Gasteiger charge is 2.20. The fourth-order valence-electron chi connectivity index (χ4n) is 3.44. The highest BCUT2D eigenvalue weighted by atomic mass is 79.9. The number of carbonyl (C=O) groups excluding carboxylic acids is 1. The minimum atomic E-state index is -0.610. The summed E-state index contributed by atoms with van der Waals surface area (Å²) in [5.74, 6) is 0.858. The normalized spacial score (nSPS) is 18.7. The smallest absolute Gasteiger partial charge is 0.254 e. The molecule has 1 heterocycles. The van der Waals surface area contributed by atoms with Crippen molar-refractivity contribution in [2.45, 2.75) is 38.6 Å². The molecule has 0 saturated heterocycles. The van der Waals surface area contributed by atoms with Crippen LogP contribution >= 0.6 is 15.9 Å². The van der Waals surface area contributed by atoms with Gasteiger partial charge in [-0.05, 0) is 52.9 Å². The first kappa shape index (κ1) is 21.7. The molecule has 1 saturated carbocycles. The lowest BCUT2D eigenvalue weighted by molar-refractivity contribution is 0.100. The van der Waals surface area contributed by atoms with E-state index in [9.17, 15) is 4.79 Å². The Bertz CT molecular complexity index is 948. The molecule has 6 N–H and O–H groups in total. The van der Waals surface area contributed by atoms with E-state index in [0.717, 1.165) is 23.5 Å². The van der Waals surface area contributed by atoms with Crippen LogP contribution in [0.3, 0.4) is 0 Å². The number of nitrogens with zero attached hydrogens (tertiary/aromatic N) is 3. The molecular formula is C20H25BrN8O. The highest BCUT2D eigenvalue weighted by Crippen LogP contribution is 2.29. The summed E-state index contributed by atoms with van der Waals surface area (Å²) in [7, 11) is 0. The third kappa shape index (κ3) is 5.76. The lowest BCUT2D eigenvalue weighted by atomic mass is 9.87. The molecule has 9 nitrogen and oxygen atoms in total. The molecule has 30 heavy (non-hydrogen) atoms. The molecule has 0 radical (unpaired) electrons. The Morgan fingerprint density at radius 1 is 1.40 bits per heavy atom. The fraction of sp³-hybridized carbons (Fsp3) is 0.350. The maximum atomic E-state index is 11.9. The van der Waals surface area contributed by atoms with Gasteiger partial charge in [-0.3, -0.25) is 10.2 Å².